The number of likely N-dealkylation sites (tertiary alicyclic amines) is 1. The summed E-state index contributed by atoms with van der Waals surface area (Å²) in [6.45, 7) is 5.25. The van der Waals surface area contributed by atoms with E-state index in [1.807, 2.05) is 12.3 Å². The first-order valence-electron chi connectivity index (χ1n) is 6.38. The number of hydrogen-bond donors (Lipinski definition) is 1. The molecule has 0 bridgehead atoms. The molecule has 2 rings (SSSR count). The lowest BCUT2D eigenvalue weighted by atomic mass is 10.3. The van der Waals surface area contributed by atoms with Crippen LogP contribution < -0.4 is 10.6 Å². The summed E-state index contributed by atoms with van der Waals surface area (Å²) >= 11 is 0. The molecule has 0 spiro atoms. The minimum absolute atomic E-state index is 0.508. The molecule has 1 aromatic rings. The van der Waals surface area contributed by atoms with Crippen LogP contribution in [0.3, 0.4) is 0 Å². The number of nitrogens with two attached hydrogens (primary N) is 1. The largest absolute Gasteiger partial charge is 0.373 e. The minimum atomic E-state index is 0.508. The van der Waals surface area contributed by atoms with Crippen LogP contribution in [0, 0.1) is 0 Å². The molecule has 2 heterocycles. The van der Waals surface area contributed by atoms with E-state index in [0.717, 1.165) is 18.8 Å². The van der Waals surface area contributed by atoms with Crippen molar-refractivity contribution in [2.75, 3.05) is 38.1 Å². The van der Waals surface area contributed by atoms with Gasteiger partial charge < -0.3 is 15.5 Å². The smallest absolute Gasteiger partial charge is 0.0560 e. The average Bonchev–Trinajstić information content (AvgIpc) is 2.89. The summed E-state index contributed by atoms with van der Waals surface area (Å²) in [5.41, 5.74) is 7.77. The van der Waals surface area contributed by atoms with Crippen molar-refractivity contribution in [2.24, 2.45) is 5.73 Å². The van der Waals surface area contributed by atoms with Gasteiger partial charge in [0.05, 0.1) is 5.69 Å². The molecule has 0 atom stereocenters. The number of hydrogen-bond acceptors (Lipinski definition) is 4. The Bertz CT molecular complexity index is 347. The molecule has 94 valence electrons. The van der Waals surface area contributed by atoms with E-state index in [-0.39, 0.29) is 0 Å². The van der Waals surface area contributed by atoms with Crippen LogP contribution in [-0.2, 0) is 6.54 Å². The second-order valence-electron chi connectivity index (χ2n) is 4.68. The molecule has 17 heavy (non-hydrogen) atoms. The van der Waals surface area contributed by atoms with Crippen molar-refractivity contribution in [1.29, 1.82) is 0 Å². The van der Waals surface area contributed by atoms with Crippen LogP contribution in [-0.4, -0.2) is 43.1 Å². The molecule has 0 aromatic carbocycles. The fourth-order valence-corrected chi connectivity index (χ4v) is 2.24. The van der Waals surface area contributed by atoms with Crippen LogP contribution in [0.2, 0.25) is 0 Å². The van der Waals surface area contributed by atoms with Gasteiger partial charge in [0, 0.05) is 38.6 Å². The lowest BCUT2D eigenvalue weighted by Gasteiger charge is -2.23. The highest BCUT2D eigenvalue weighted by molar-refractivity contribution is 5.45. The topological polar surface area (TPSA) is 45.4 Å². The van der Waals surface area contributed by atoms with Crippen LogP contribution in [0.25, 0.3) is 0 Å². The molecule has 2 N–H and O–H groups in total. The molecule has 4 heteroatoms. The zero-order valence-electron chi connectivity index (χ0n) is 10.6. The van der Waals surface area contributed by atoms with Crippen LogP contribution in [0.5, 0.6) is 0 Å². The van der Waals surface area contributed by atoms with E-state index in [0.29, 0.717) is 6.54 Å². The van der Waals surface area contributed by atoms with Crippen LogP contribution in [0.1, 0.15) is 18.5 Å². The predicted octanol–water partition coefficient (Wildman–Crippen LogP) is 1.07. The first kappa shape index (κ1) is 12.3. The molecule has 1 aliphatic heterocycles. The number of aromatic nitrogens is 1. The number of likely N-dealkylation sites (N-methyl/N-ethyl adjacent to an activating group) is 1. The van der Waals surface area contributed by atoms with Crippen molar-refractivity contribution in [3.05, 3.63) is 24.0 Å². The molecule has 0 saturated carbocycles. The van der Waals surface area contributed by atoms with Crippen LogP contribution in [0.15, 0.2) is 18.3 Å². The maximum atomic E-state index is 5.60. The van der Waals surface area contributed by atoms with Crippen molar-refractivity contribution in [2.45, 2.75) is 19.4 Å². The van der Waals surface area contributed by atoms with E-state index in [2.05, 4.69) is 27.9 Å². The van der Waals surface area contributed by atoms with Crippen molar-refractivity contribution >= 4 is 5.69 Å². The van der Waals surface area contributed by atoms with Gasteiger partial charge in [0.1, 0.15) is 0 Å². The van der Waals surface area contributed by atoms with Gasteiger partial charge in [-0.2, -0.15) is 0 Å². The van der Waals surface area contributed by atoms with E-state index in [9.17, 15) is 0 Å². The number of nitrogens with zero attached hydrogens (tertiary/aromatic N) is 3. The van der Waals surface area contributed by atoms with Gasteiger partial charge in [-0.05, 0) is 38.1 Å². The van der Waals surface area contributed by atoms with Crippen LogP contribution >= 0.6 is 0 Å². The monoisotopic (exact) mass is 234 g/mol. The normalized spacial score (nSPS) is 16.4. The molecular formula is C13H22N4. The molecule has 4 nitrogen and oxygen atoms in total. The van der Waals surface area contributed by atoms with Gasteiger partial charge in [-0.1, -0.05) is 0 Å². The van der Waals surface area contributed by atoms with E-state index in [4.69, 9.17) is 5.73 Å². The third-order valence-electron chi connectivity index (χ3n) is 3.40. The third kappa shape index (κ3) is 3.41. The maximum Gasteiger partial charge on any atom is 0.0560 e. The Morgan fingerprint density at radius 2 is 2.18 bits per heavy atom. The fourth-order valence-electron chi connectivity index (χ4n) is 2.24. The maximum absolute atomic E-state index is 5.60. The van der Waals surface area contributed by atoms with Gasteiger partial charge in [0.25, 0.3) is 0 Å². The van der Waals surface area contributed by atoms with Crippen LogP contribution in [0.4, 0.5) is 5.69 Å². The Morgan fingerprint density at radius 3 is 2.88 bits per heavy atom. The summed E-state index contributed by atoms with van der Waals surface area (Å²) in [6, 6.07) is 4.12. The average molecular weight is 234 g/mol. The highest BCUT2D eigenvalue weighted by atomic mass is 15.2. The quantitative estimate of drug-likeness (QED) is 0.828. The number of pyridine rings is 1. The van der Waals surface area contributed by atoms with Crippen molar-refractivity contribution in [3.63, 3.8) is 0 Å². The fraction of sp³-hybridized carbons (Fsp3) is 0.615. The molecule has 1 aromatic heterocycles. The lowest BCUT2D eigenvalue weighted by Crippen LogP contribution is -2.31. The molecule has 0 aliphatic carbocycles. The second kappa shape index (κ2) is 5.98. The zero-order chi connectivity index (χ0) is 12.1. The predicted molar refractivity (Wildman–Crippen MR) is 71.1 cm³/mol. The van der Waals surface area contributed by atoms with Crippen molar-refractivity contribution in [3.8, 4) is 0 Å². The Hall–Kier alpha value is -1.13. The standard InChI is InChI=1S/C13H22N4/c1-16(8-9-17-6-2-3-7-17)13-4-5-15-12(10-13)11-14/h4-5,10H,2-3,6-9,11,14H2,1H3. The van der Waals surface area contributed by atoms with Gasteiger partial charge in [0.15, 0.2) is 0 Å². The summed E-state index contributed by atoms with van der Waals surface area (Å²) in [4.78, 5) is 9.02. The van der Waals surface area contributed by atoms with Crippen molar-refractivity contribution < 1.29 is 0 Å². The Labute approximate surface area is 103 Å². The Balaban J connectivity index is 1.87. The van der Waals surface area contributed by atoms with Crippen molar-refractivity contribution in [1.82, 2.24) is 9.88 Å². The Kier molecular flexibility index (Phi) is 4.34. The lowest BCUT2D eigenvalue weighted by molar-refractivity contribution is 0.346. The second-order valence-corrected chi connectivity index (χ2v) is 4.68. The van der Waals surface area contributed by atoms with Gasteiger partial charge in [-0.3, -0.25) is 4.98 Å². The van der Waals surface area contributed by atoms with Gasteiger partial charge in [-0.15, -0.1) is 0 Å². The summed E-state index contributed by atoms with van der Waals surface area (Å²) in [6.07, 6.45) is 4.55. The third-order valence-corrected chi connectivity index (χ3v) is 3.40. The summed E-state index contributed by atoms with van der Waals surface area (Å²) in [5.74, 6) is 0. The molecule has 1 saturated heterocycles. The number of rotatable bonds is 5. The first-order valence-corrected chi connectivity index (χ1v) is 6.38. The summed E-state index contributed by atoms with van der Waals surface area (Å²) < 4.78 is 0. The molecule has 1 fully saturated rings. The summed E-state index contributed by atoms with van der Waals surface area (Å²) in [5, 5.41) is 0. The molecular weight excluding hydrogens is 212 g/mol. The van der Waals surface area contributed by atoms with Gasteiger partial charge >= 0.3 is 0 Å². The zero-order valence-corrected chi connectivity index (χ0v) is 10.6. The first-order chi connectivity index (χ1) is 8.29. The van der Waals surface area contributed by atoms with Gasteiger partial charge in [0.2, 0.25) is 0 Å². The molecule has 0 radical (unpaired) electrons. The van der Waals surface area contributed by atoms with E-state index >= 15 is 0 Å². The van der Waals surface area contributed by atoms with E-state index < -0.39 is 0 Å². The minimum Gasteiger partial charge on any atom is -0.373 e. The number of anilines is 1. The van der Waals surface area contributed by atoms with E-state index in [1.54, 1.807) is 0 Å². The molecule has 1 aliphatic rings. The van der Waals surface area contributed by atoms with Gasteiger partial charge in [-0.25, -0.2) is 0 Å². The Morgan fingerprint density at radius 1 is 1.41 bits per heavy atom. The molecule has 0 unspecified atom stereocenters. The SMILES string of the molecule is CN(CCN1CCCC1)c1ccnc(CN)c1. The highest BCUT2D eigenvalue weighted by Gasteiger charge is 2.12. The summed E-state index contributed by atoms with van der Waals surface area (Å²) in [7, 11) is 2.13. The van der Waals surface area contributed by atoms with E-state index in [1.165, 1.54) is 31.6 Å². The highest BCUT2D eigenvalue weighted by Crippen LogP contribution is 2.13. The molecule has 0 amide bonds.